The summed E-state index contributed by atoms with van der Waals surface area (Å²) in [6.45, 7) is 0.878. The lowest BCUT2D eigenvalue weighted by Gasteiger charge is -2.17. The van der Waals surface area contributed by atoms with E-state index in [2.05, 4.69) is 15.0 Å². The van der Waals surface area contributed by atoms with E-state index >= 15 is 0 Å². The molecule has 0 bridgehead atoms. The molecule has 0 saturated carbocycles. The maximum Gasteiger partial charge on any atom is 0.146 e. The van der Waals surface area contributed by atoms with Crippen LogP contribution in [0.5, 0.6) is 0 Å². The van der Waals surface area contributed by atoms with E-state index < -0.39 is 0 Å². The van der Waals surface area contributed by atoms with Gasteiger partial charge in [-0.15, -0.1) is 0 Å². The Bertz CT molecular complexity index is 454. The number of nitrogens with two attached hydrogens (primary N) is 1. The molecule has 88 valence electrons. The van der Waals surface area contributed by atoms with Gasteiger partial charge in [0.2, 0.25) is 0 Å². The van der Waals surface area contributed by atoms with E-state index in [1.165, 1.54) is 5.56 Å². The zero-order valence-corrected chi connectivity index (χ0v) is 9.74. The lowest BCUT2D eigenvalue weighted by Crippen LogP contribution is -2.21. The topological polar surface area (TPSA) is 67.9 Å². The molecule has 0 aliphatic rings. The van der Waals surface area contributed by atoms with Crippen LogP contribution < -0.4 is 10.6 Å². The Hall–Kier alpha value is -2.17. The fraction of sp³-hybridized carbons (Fsp3) is 0.250. The van der Waals surface area contributed by atoms with Gasteiger partial charge in [0.25, 0.3) is 0 Å². The van der Waals surface area contributed by atoms with E-state index in [0.717, 1.165) is 18.8 Å². The van der Waals surface area contributed by atoms with Gasteiger partial charge in [0.15, 0.2) is 0 Å². The van der Waals surface area contributed by atoms with Gasteiger partial charge in [-0.1, -0.05) is 0 Å². The summed E-state index contributed by atoms with van der Waals surface area (Å²) in [7, 11) is 1.99. The monoisotopic (exact) mass is 229 g/mol. The molecule has 2 N–H and O–H groups in total. The van der Waals surface area contributed by atoms with Crippen molar-refractivity contribution in [2.45, 2.75) is 6.42 Å². The quantitative estimate of drug-likeness (QED) is 0.851. The van der Waals surface area contributed by atoms with E-state index in [1.54, 1.807) is 24.8 Å². The second-order valence-electron chi connectivity index (χ2n) is 3.83. The Kier molecular flexibility index (Phi) is 3.49. The lowest BCUT2D eigenvalue weighted by molar-refractivity contribution is 0.854. The third-order valence-electron chi connectivity index (χ3n) is 2.53. The molecule has 0 atom stereocenters. The number of aromatic nitrogens is 3. The highest BCUT2D eigenvalue weighted by Crippen LogP contribution is 2.08. The summed E-state index contributed by atoms with van der Waals surface area (Å²) < 4.78 is 0. The first kappa shape index (κ1) is 11.3. The molecule has 0 spiro atoms. The van der Waals surface area contributed by atoms with Crippen molar-refractivity contribution in [3.8, 4) is 0 Å². The van der Waals surface area contributed by atoms with Gasteiger partial charge in [-0.2, -0.15) is 0 Å². The molecular formula is C12H15N5. The summed E-state index contributed by atoms with van der Waals surface area (Å²) in [6.07, 6.45) is 7.81. The summed E-state index contributed by atoms with van der Waals surface area (Å²) in [6, 6.07) is 4.03. The molecule has 0 aromatic carbocycles. The van der Waals surface area contributed by atoms with E-state index in [4.69, 9.17) is 5.73 Å². The van der Waals surface area contributed by atoms with Crippen LogP contribution in [0.3, 0.4) is 0 Å². The number of nitrogens with zero attached hydrogens (tertiary/aromatic N) is 4. The predicted molar refractivity (Wildman–Crippen MR) is 67.7 cm³/mol. The van der Waals surface area contributed by atoms with Gasteiger partial charge >= 0.3 is 0 Å². The maximum absolute atomic E-state index is 5.49. The molecule has 17 heavy (non-hydrogen) atoms. The van der Waals surface area contributed by atoms with Crippen molar-refractivity contribution in [1.82, 2.24) is 15.0 Å². The van der Waals surface area contributed by atoms with Crippen LogP contribution >= 0.6 is 0 Å². The van der Waals surface area contributed by atoms with Crippen molar-refractivity contribution in [3.05, 3.63) is 42.5 Å². The Morgan fingerprint density at radius 1 is 1.18 bits per heavy atom. The fourth-order valence-corrected chi connectivity index (χ4v) is 1.49. The van der Waals surface area contributed by atoms with Crippen molar-refractivity contribution in [1.29, 1.82) is 0 Å². The molecule has 0 aliphatic heterocycles. The van der Waals surface area contributed by atoms with E-state index in [9.17, 15) is 0 Å². The van der Waals surface area contributed by atoms with Gasteiger partial charge in [0.05, 0.1) is 12.4 Å². The number of hydrogen-bond donors (Lipinski definition) is 1. The van der Waals surface area contributed by atoms with Gasteiger partial charge in [-0.05, 0) is 24.1 Å². The van der Waals surface area contributed by atoms with Crippen LogP contribution in [0, 0.1) is 0 Å². The summed E-state index contributed by atoms with van der Waals surface area (Å²) in [5, 5.41) is 0. The molecule has 0 unspecified atom stereocenters. The summed E-state index contributed by atoms with van der Waals surface area (Å²) in [4.78, 5) is 14.3. The van der Waals surface area contributed by atoms with Gasteiger partial charge in [-0.25, -0.2) is 9.97 Å². The molecule has 0 aliphatic carbocycles. The number of rotatable bonds is 4. The minimum Gasteiger partial charge on any atom is -0.382 e. The average molecular weight is 229 g/mol. The van der Waals surface area contributed by atoms with Gasteiger partial charge in [0, 0.05) is 26.0 Å². The van der Waals surface area contributed by atoms with Crippen molar-refractivity contribution >= 4 is 11.6 Å². The molecule has 0 amide bonds. The van der Waals surface area contributed by atoms with Crippen molar-refractivity contribution in [2.24, 2.45) is 0 Å². The first-order chi connectivity index (χ1) is 8.25. The van der Waals surface area contributed by atoms with Gasteiger partial charge in [0.1, 0.15) is 11.6 Å². The smallest absolute Gasteiger partial charge is 0.146 e. The Morgan fingerprint density at radius 3 is 2.59 bits per heavy atom. The largest absolute Gasteiger partial charge is 0.382 e. The Balaban J connectivity index is 1.93. The minimum absolute atomic E-state index is 0.441. The summed E-state index contributed by atoms with van der Waals surface area (Å²) >= 11 is 0. The standard InChI is InChI=1S/C12H15N5/c1-17(12-9-15-11(13)8-16-12)7-4-10-2-5-14-6-3-10/h2-3,5-6,8-9H,4,7H2,1H3,(H2,13,15). The first-order valence-electron chi connectivity index (χ1n) is 5.43. The molecule has 2 rings (SSSR count). The minimum atomic E-state index is 0.441. The number of anilines is 2. The third-order valence-corrected chi connectivity index (χ3v) is 2.53. The molecule has 2 aromatic heterocycles. The summed E-state index contributed by atoms with van der Waals surface area (Å²) in [5.41, 5.74) is 6.75. The number of pyridine rings is 1. The van der Waals surface area contributed by atoms with Gasteiger partial charge < -0.3 is 10.6 Å². The third kappa shape index (κ3) is 3.14. The second kappa shape index (κ2) is 5.25. The van der Waals surface area contributed by atoms with Gasteiger partial charge in [-0.3, -0.25) is 4.98 Å². The van der Waals surface area contributed by atoms with Crippen molar-refractivity contribution in [3.63, 3.8) is 0 Å². The molecule has 5 heteroatoms. The van der Waals surface area contributed by atoms with E-state index in [1.807, 2.05) is 24.1 Å². The zero-order valence-electron chi connectivity index (χ0n) is 9.74. The summed E-state index contributed by atoms with van der Waals surface area (Å²) in [5.74, 6) is 1.27. The van der Waals surface area contributed by atoms with Crippen LogP contribution in [-0.4, -0.2) is 28.5 Å². The molecular weight excluding hydrogens is 214 g/mol. The lowest BCUT2D eigenvalue weighted by atomic mass is 10.2. The number of nitrogen functional groups attached to an aromatic ring is 1. The van der Waals surface area contributed by atoms with Crippen LogP contribution in [0.15, 0.2) is 36.9 Å². The molecule has 2 heterocycles. The fourth-order valence-electron chi connectivity index (χ4n) is 1.49. The van der Waals surface area contributed by atoms with Crippen LogP contribution in [0.25, 0.3) is 0 Å². The molecule has 5 nitrogen and oxygen atoms in total. The first-order valence-corrected chi connectivity index (χ1v) is 5.43. The maximum atomic E-state index is 5.49. The highest BCUT2D eigenvalue weighted by Gasteiger charge is 2.02. The van der Waals surface area contributed by atoms with E-state index in [-0.39, 0.29) is 0 Å². The predicted octanol–water partition coefficient (Wildman–Crippen LogP) is 1.13. The van der Waals surface area contributed by atoms with Crippen molar-refractivity contribution in [2.75, 3.05) is 24.2 Å². The van der Waals surface area contributed by atoms with Crippen LogP contribution in [0.2, 0.25) is 0 Å². The Labute approximate surface area is 100 Å². The van der Waals surface area contributed by atoms with Crippen LogP contribution in [0.1, 0.15) is 5.56 Å². The van der Waals surface area contributed by atoms with Crippen LogP contribution in [-0.2, 0) is 6.42 Å². The average Bonchev–Trinajstić information content (AvgIpc) is 2.38. The highest BCUT2D eigenvalue weighted by atomic mass is 15.2. The molecule has 0 fully saturated rings. The van der Waals surface area contributed by atoms with E-state index in [0.29, 0.717) is 5.82 Å². The SMILES string of the molecule is CN(CCc1ccncc1)c1cnc(N)cn1. The number of hydrogen-bond acceptors (Lipinski definition) is 5. The molecule has 0 saturated heterocycles. The molecule has 0 radical (unpaired) electrons. The Morgan fingerprint density at radius 2 is 1.94 bits per heavy atom. The highest BCUT2D eigenvalue weighted by molar-refractivity contribution is 5.38. The number of likely N-dealkylation sites (N-methyl/N-ethyl adjacent to an activating group) is 1. The second-order valence-corrected chi connectivity index (χ2v) is 3.83. The van der Waals surface area contributed by atoms with Crippen LogP contribution in [0.4, 0.5) is 11.6 Å². The molecule has 2 aromatic rings. The normalized spacial score (nSPS) is 10.2. The van der Waals surface area contributed by atoms with Crippen molar-refractivity contribution < 1.29 is 0 Å². The zero-order chi connectivity index (χ0) is 12.1.